The molecule has 0 saturated heterocycles. The first-order chi connectivity index (χ1) is 9.79. The van der Waals surface area contributed by atoms with E-state index in [-0.39, 0.29) is 11.4 Å². The summed E-state index contributed by atoms with van der Waals surface area (Å²) in [6.07, 6.45) is 5.46. The van der Waals surface area contributed by atoms with Crippen LogP contribution in [-0.4, -0.2) is 9.97 Å². The number of anilines is 1. The largest absolute Gasteiger partial charge is 0.382 e. The van der Waals surface area contributed by atoms with Crippen molar-refractivity contribution in [2.45, 2.75) is 0 Å². The van der Waals surface area contributed by atoms with Gasteiger partial charge in [-0.1, -0.05) is 36.4 Å². The van der Waals surface area contributed by atoms with Gasteiger partial charge in [-0.2, -0.15) is 5.26 Å². The molecule has 0 aliphatic heterocycles. The Labute approximate surface area is 116 Å². The Morgan fingerprint density at radius 1 is 1.15 bits per heavy atom. The number of nitriles is 1. The van der Waals surface area contributed by atoms with E-state index in [0.717, 1.165) is 11.1 Å². The monoisotopic (exact) mass is 258 g/mol. The van der Waals surface area contributed by atoms with Gasteiger partial charge in [0.05, 0.1) is 0 Å². The van der Waals surface area contributed by atoms with E-state index in [1.165, 1.54) is 0 Å². The summed E-state index contributed by atoms with van der Waals surface area (Å²) in [6.45, 7) is 0. The van der Waals surface area contributed by atoms with Crippen LogP contribution in [0.25, 0.3) is 17.0 Å². The van der Waals surface area contributed by atoms with Gasteiger partial charge in [0.2, 0.25) is 0 Å². The number of hydrogen-bond donors (Lipinski definition) is 1. The molecule has 1 aromatic carbocycles. The van der Waals surface area contributed by atoms with Crippen molar-refractivity contribution in [2.24, 2.45) is 0 Å². The van der Waals surface area contributed by atoms with Gasteiger partial charge in [0, 0.05) is 11.1 Å². The lowest BCUT2D eigenvalue weighted by Gasteiger charge is -2.07. The highest BCUT2D eigenvalue weighted by Crippen LogP contribution is 2.26. The normalized spacial score (nSPS) is 12.2. The maximum absolute atomic E-state index is 9.24. The summed E-state index contributed by atoms with van der Waals surface area (Å²) in [5.74, 6) is 0.692. The van der Waals surface area contributed by atoms with Gasteiger partial charge in [0.15, 0.2) is 5.82 Å². The van der Waals surface area contributed by atoms with Crippen LogP contribution in [0.1, 0.15) is 11.3 Å². The molecule has 0 spiro atoms. The number of hydrogen-bond acceptors (Lipinski definition) is 4. The first kappa shape index (κ1) is 11.9. The number of benzene rings is 1. The first-order valence-electron chi connectivity index (χ1n) is 6.06. The number of nitrogens with two attached hydrogens (primary N) is 1. The van der Waals surface area contributed by atoms with Crippen LogP contribution in [-0.2, 0) is 0 Å². The molecule has 1 aromatic heterocycles. The number of nitrogens with zero attached hydrogens (tertiary/aromatic N) is 3. The molecule has 3 rings (SSSR count). The average molecular weight is 258 g/mol. The fraction of sp³-hybridized carbons (Fsp3) is 0. The average Bonchev–Trinajstić information content (AvgIpc) is 3.01. The van der Waals surface area contributed by atoms with E-state index >= 15 is 0 Å². The third kappa shape index (κ3) is 1.99. The summed E-state index contributed by atoms with van der Waals surface area (Å²) >= 11 is 0. The molecule has 0 fully saturated rings. The maximum atomic E-state index is 9.24. The molecule has 94 valence electrons. The Hall–Kier alpha value is -3.15. The molecule has 1 aliphatic carbocycles. The van der Waals surface area contributed by atoms with Crippen LogP contribution in [0, 0.1) is 11.3 Å². The van der Waals surface area contributed by atoms with Crippen LogP contribution in [0.3, 0.4) is 0 Å². The Balaban J connectivity index is 2.24. The maximum Gasteiger partial charge on any atom is 0.162 e. The SMILES string of the molecule is N#Cc1c(N)nc(-c2ccccc2)nc1C1=C=CC=C1. The molecule has 2 aromatic rings. The van der Waals surface area contributed by atoms with Crippen LogP contribution in [0.5, 0.6) is 0 Å². The van der Waals surface area contributed by atoms with Crippen molar-refractivity contribution in [2.75, 3.05) is 5.73 Å². The standard InChI is InChI=1S/C16H10N4/c17-10-13-14(11-6-4-5-7-11)19-16(20-15(13)18)12-8-2-1-3-9-12/h1-6,8-9H,(H2,18,19,20). The third-order valence-corrected chi connectivity index (χ3v) is 2.93. The lowest BCUT2D eigenvalue weighted by molar-refractivity contribution is 1.15. The van der Waals surface area contributed by atoms with Crippen molar-refractivity contribution in [1.82, 2.24) is 9.97 Å². The zero-order chi connectivity index (χ0) is 13.9. The predicted molar refractivity (Wildman–Crippen MR) is 77.2 cm³/mol. The van der Waals surface area contributed by atoms with E-state index in [4.69, 9.17) is 5.73 Å². The molecular formula is C16H10N4. The van der Waals surface area contributed by atoms with Crippen molar-refractivity contribution in [3.05, 3.63) is 65.5 Å². The minimum absolute atomic E-state index is 0.186. The number of allylic oxidation sites excluding steroid dienone is 3. The Morgan fingerprint density at radius 2 is 1.95 bits per heavy atom. The van der Waals surface area contributed by atoms with Crippen molar-refractivity contribution in [3.8, 4) is 17.5 Å². The summed E-state index contributed by atoms with van der Waals surface area (Å²) in [7, 11) is 0. The highest BCUT2D eigenvalue weighted by Gasteiger charge is 2.16. The summed E-state index contributed by atoms with van der Waals surface area (Å²) in [5, 5.41) is 9.24. The van der Waals surface area contributed by atoms with Gasteiger partial charge >= 0.3 is 0 Å². The molecular weight excluding hydrogens is 248 g/mol. The van der Waals surface area contributed by atoms with E-state index in [0.29, 0.717) is 11.5 Å². The first-order valence-corrected chi connectivity index (χ1v) is 6.06. The van der Waals surface area contributed by atoms with E-state index in [1.54, 1.807) is 6.08 Å². The molecule has 0 atom stereocenters. The van der Waals surface area contributed by atoms with Crippen molar-refractivity contribution < 1.29 is 0 Å². The molecule has 4 nitrogen and oxygen atoms in total. The topological polar surface area (TPSA) is 75.6 Å². The smallest absolute Gasteiger partial charge is 0.162 e. The zero-order valence-electron chi connectivity index (χ0n) is 10.5. The Bertz CT molecular complexity index is 804. The molecule has 1 aliphatic rings. The lowest BCUT2D eigenvalue weighted by atomic mass is 10.1. The van der Waals surface area contributed by atoms with Gasteiger partial charge in [-0.05, 0) is 12.2 Å². The van der Waals surface area contributed by atoms with Gasteiger partial charge in [-0.15, -0.1) is 5.73 Å². The van der Waals surface area contributed by atoms with Gasteiger partial charge < -0.3 is 5.73 Å². The Morgan fingerprint density at radius 3 is 2.60 bits per heavy atom. The second kappa shape index (κ2) is 4.85. The highest BCUT2D eigenvalue weighted by molar-refractivity contribution is 5.80. The lowest BCUT2D eigenvalue weighted by Crippen LogP contribution is -2.04. The summed E-state index contributed by atoms with van der Waals surface area (Å²) < 4.78 is 0. The third-order valence-electron chi connectivity index (χ3n) is 2.93. The van der Waals surface area contributed by atoms with Crippen molar-refractivity contribution in [3.63, 3.8) is 0 Å². The van der Waals surface area contributed by atoms with Gasteiger partial charge in [-0.3, -0.25) is 0 Å². The number of aromatic nitrogens is 2. The molecule has 1 heterocycles. The number of rotatable bonds is 2. The van der Waals surface area contributed by atoms with E-state index in [1.807, 2.05) is 42.5 Å². The molecule has 2 N–H and O–H groups in total. The van der Waals surface area contributed by atoms with Crippen LogP contribution in [0.4, 0.5) is 5.82 Å². The molecule has 0 bridgehead atoms. The number of nitrogen functional groups attached to an aromatic ring is 1. The molecule has 0 saturated carbocycles. The summed E-state index contributed by atoms with van der Waals surface area (Å²) in [6, 6.07) is 11.6. The zero-order valence-corrected chi connectivity index (χ0v) is 10.5. The molecule has 4 heteroatoms. The quantitative estimate of drug-likeness (QED) is 0.840. The minimum Gasteiger partial charge on any atom is -0.382 e. The van der Waals surface area contributed by atoms with Gasteiger partial charge in [0.1, 0.15) is 23.1 Å². The second-order valence-electron chi connectivity index (χ2n) is 4.22. The fourth-order valence-electron chi connectivity index (χ4n) is 1.98. The summed E-state index contributed by atoms with van der Waals surface area (Å²) in [4.78, 5) is 8.69. The van der Waals surface area contributed by atoms with Crippen LogP contribution in [0.2, 0.25) is 0 Å². The van der Waals surface area contributed by atoms with E-state index < -0.39 is 0 Å². The fourth-order valence-corrected chi connectivity index (χ4v) is 1.98. The van der Waals surface area contributed by atoms with Gasteiger partial charge in [0.25, 0.3) is 0 Å². The van der Waals surface area contributed by atoms with Gasteiger partial charge in [-0.25, -0.2) is 9.97 Å². The van der Waals surface area contributed by atoms with Crippen LogP contribution >= 0.6 is 0 Å². The molecule has 0 unspecified atom stereocenters. The Kier molecular flexibility index (Phi) is 2.89. The summed E-state index contributed by atoms with van der Waals surface area (Å²) in [5.41, 5.74) is 11.3. The minimum atomic E-state index is 0.186. The predicted octanol–water partition coefficient (Wildman–Crippen LogP) is 2.71. The molecule has 20 heavy (non-hydrogen) atoms. The highest BCUT2D eigenvalue weighted by atomic mass is 15.0. The van der Waals surface area contributed by atoms with Crippen LogP contribution < -0.4 is 5.73 Å². The van der Waals surface area contributed by atoms with E-state index in [9.17, 15) is 5.26 Å². The van der Waals surface area contributed by atoms with Crippen molar-refractivity contribution in [1.29, 1.82) is 5.26 Å². The molecule has 0 radical (unpaired) electrons. The van der Waals surface area contributed by atoms with E-state index in [2.05, 4.69) is 21.8 Å². The van der Waals surface area contributed by atoms with Crippen LogP contribution in [0.15, 0.2) is 54.3 Å². The molecule has 0 amide bonds. The van der Waals surface area contributed by atoms with Crippen molar-refractivity contribution >= 4 is 11.4 Å². The second-order valence-corrected chi connectivity index (χ2v) is 4.22.